The lowest BCUT2D eigenvalue weighted by molar-refractivity contribution is -0.137. The molecule has 0 bridgehead atoms. The zero-order valence-electron chi connectivity index (χ0n) is 12.2. The molecule has 2 N–H and O–H groups in total. The molecule has 0 aliphatic rings. The number of hydrogen-bond donors (Lipinski definition) is 1. The standard InChI is InChI=1S/C13H10Cl2F3N3OS2/c1-5(23)9-11(24(2)22)12(19)21(20-9)10-7(14)3-6(4-8(10)15)13(16,17)18/h3-4H,19H2,1-2H3. The lowest BCUT2D eigenvalue weighted by atomic mass is 10.2. The predicted octanol–water partition coefficient (Wildman–Crippen LogP) is 4.26. The van der Waals surface area contributed by atoms with E-state index in [2.05, 4.69) is 5.10 Å². The number of halogens is 5. The van der Waals surface area contributed by atoms with Crippen molar-refractivity contribution in [2.45, 2.75) is 18.0 Å². The molecular formula is C13H10Cl2F3N3OS2. The quantitative estimate of drug-likeness (QED) is 0.600. The lowest BCUT2D eigenvalue weighted by Crippen LogP contribution is -2.09. The van der Waals surface area contributed by atoms with E-state index in [0.29, 0.717) is 4.86 Å². The second-order valence-electron chi connectivity index (χ2n) is 4.77. The van der Waals surface area contributed by atoms with Gasteiger partial charge in [0, 0.05) is 11.1 Å². The molecule has 0 saturated carbocycles. The third-order valence-electron chi connectivity index (χ3n) is 3.05. The molecule has 0 radical (unpaired) electrons. The molecule has 1 unspecified atom stereocenters. The van der Waals surface area contributed by atoms with Crippen LogP contribution in [0.5, 0.6) is 0 Å². The van der Waals surface area contributed by atoms with Gasteiger partial charge in [-0.2, -0.15) is 18.3 Å². The van der Waals surface area contributed by atoms with Crippen molar-refractivity contribution in [2.24, 2.45) is 0 Å². The van der Waals surface area contributed by atoms with Crippen molar-refractivity contribution in [3.63, 3.8) is 0 Å². The maximum atomic E-state index is 12.8. The molecule has 0 saturated heterocycles. The monoisotopic (exact) mass is 415 g/mol. The smallest absolute Gasteiger partial charge is 0.383 e. The Kier molecular flexibility index (Phi) is 5.29. The fourth-order valence-corrected chi connectivity index (χ4v) is 3.73. The highest BCUT2D eigenvalue weighted by molar-refractivity contribution is 7.85. The van der Waals surface area contributed by atoms with E-state index in [1.54, 1.807) is 6.92 Å². The van der Waals surface area contributed by atoms with E-state index in [1.807, 2.05) is 0 Å². The van der Waals surface area contributed by atoms with Gasteiger partial charge in [0.05, 0.1) is 26.4 Å². The molecule has 0 aliphatic carbocycles. The van der Waals surface area contributed by atoms with Crippen molar-refractivity contribution in [2.75, 3.05) is 12.0 Å². The maximum absolute atomic E-state index is 12.8. The first-order chi connectivity index (χ1) is 10.9. The third kappa shape index (κ3) is 3.44. The summed E-state index contributed by atoms with van der Waals surface area (Å²) in [4.78, 5) is 0.499. The van der Waals surface area contributed by atoms with Gasteiger partial charge in [-0.15, -0.1) is 0 Å². The number of alkyl halides is 3. The van der Waals surface area contributed by atoms with Crippen molar-refractivity contribution in [3.05, 3.63) is 33.4 Å². The Morgan fingerprint density at radius 2 is 1.83 bits per heavy atom. The summed E-state index contributed by atoms with van der Waals surface area (Å²) < 4.78 is 51.4. The molecule has 0 spiro atoms. The molecule has 2 rings (SSSR count). The lowest BCUT2D eigenvalue weighted by Gasteiger charge is -2.13. The summed E-state index contributed by atoms with van der Waals surface area (Å²) in [5, 5.41) is 3.52. The second kappa shape index (κ2) is 6.62. The molecule has 130 valence electrons. The van der Waals surface area contributed by atoms with Crippen LogP contribution in [0.1, 0.15) is 18.2 Å². The predicted molar refractivity (Wildman–Crippen MR) is 92.7 cm³/mol. The number of nitrogens with two attached hydrogens (primary N) is 1. The Labute approximate surface area is 153 Å². The van der Waals surface area contributed by atoms with Crippen molar-refractivity contribution in [3.8, 4) is 5.69 Å². The van der Waals surface area contributed by atoms with Crippen LogP contribution in [0.2, 0.25) is 10.0 Å². The summed E-state index contributed by atoms with van der Waals surface area (Å²) >= 11 is 17.0. The van der Waals surface area contributed by atoms with Crippen LogP contribution < -0.4 is 5.73 Å². The van der Waals surface area contributed by atoms with Crippen molar-refractivity contribution >= 4 is 56.9 Å². The van der Waals surface area contributed by atoms with Gasteiger partial charge in [-0.05, 0) is 19.1 Å². The van der Waals surface area contributed by atoms with Crippen LogP contribution in [0.15, 0.2) is 17.0 Å². The van der Waals surface area contributed by atoms with Crippen molar-refractivity contribution in [1.29, 1.82) is 0 Å². The van der Waals surface area contributed by atoms with E-state index in [0.717, 1.165) is 16.8 Å². The van der Waals surface area contributed by atoms with Crippen LogP contribution in [0.25, 0.3) is 5.69 Å². The second-order valence-corrected chi connectivity index (χ2v) is 7.51. The molecule has 1 heterocycles. The van der Waals surface area contributed by atoms with E-state index < -0.39 is 22.5 Å². The average Bonchev–Trinajstić information content (AvgIpc) is 2.75. The molecule has 0 fully saturated rings. The summed E-state index contributed by atoms with van der Waals surface area (Å²) in [6.45, 7) is 1.56. The van der Waals surface area contributed by atoms with Crippen LogP contribution in [-0.4, -0.2) is 25.1 Å². The van der Waals surface area contributed by atoms with Crippen LogP contribution in [0, 0.1) is 0 Å². The number of anilines is 1. The van der Waals surface area contributed by atoms with Gasteiger partial charge >= 0.3 is 6.18 Å². The number of rotatable bonds is 3. The number of nitrogen functional groups attached to an aromatic ring is 1. The van der Waals surface area contributed by atoms with E-state index in [1.165, 1.54) is 6.26 Å². The zero-order valence-corrected chi connectivity index (χ0v) is 15.4. The van der Waals surface area contributed by atoms with Gasteiger partial charge < -0.3 is 5.73 Å². The minimum absolute atomic E-state index is 0.0435. The van der Waals surface area contributed by atoms with Crippen molar-refractivity contribution in [1.82, 2.24) is 9.78 Å². The Morgan fingerprint density at radius 3 is 2.17 bits per heavy atom. The van der Waals surface area contributed by atoms with Crippen LogP contribution in [-0.2, 0) is 17.0 Å². The molecule has 24 heavy (non-hydrogen) atoms. The first kappa shape index (κ1) is 19.2. The average molecular weight is 416 g/mol. The maximum Gasteiger partial charge on any atom is 0.416 e. The summed E-state index contributed by atoms with van der Waals surface area (Å²) in [5.41, 5.74) is 5.10. The van der Waals surface area contributed by atoms with Gasteiger partial charge in [0.1, 0.15) is 22.1 Å². The minimum atomic E-state index is -4.60. The minimum Gasteiger partial charge on any atom is -0.383 e. The Morgan fingerprint density at radius 1 is 1.33 bits per heavy atom. The molecule has 1 aromatic heterocycles. The van der Waals surface area contributed by atoms with Gasteiger partial charge in [-0.1, -0.05) is 35.4 Å². The molecule has 1 aromatic carbocycles. The number of thiocarbonyl (C=S) groups is 1. The highest BCUT2D eigenvalue weighted by Gasteiger charge is 2.33. The molecular weight excluding hydrogens is 406 g/mol. The third-order valence-corrected chi connectivity index (χ3v) is 4.80. The van der Waals surface area contributed by atoms with Crippen LogP contribution >= 0.6 is 35.4 Å². The van der Waals surface area contributed by atoms with Crippen molar-refractivity contribution < 1.29 is 17.4 Å². The van der Waals surface area contributed by atoms with E-state index in [4.69, 9.17) is 41.2 Å². The highest BCUT2D eigenvalue weighted by atomic mass is 35.5. The summed E-state index contributed by atoms with van der Waals surface area (Å²) in [5.74, 6) is -0.0569. The molecule has 4 nitrogen and oxygen atoms in total. The van der Waals surface area contributed by atoms with E-state index >= 15 is 0 Å². The first-order valence-corrected chi connectivity index (χ1v) is 8.96. The zero-order chi connectivity index (χ0) is 18.4. The van der Waals surface area contributed by atoms with Gasteiger partial charge in [0.25, 0.3) is 0 Å². The Bertz CT molecular complexity index is 842. The van der Waals surface area contributed by atoms with Crippen LogP contribution in [0.4, 0.5) is 19.0 Å². The molecule has 2 aromatic rings. The fraction of sp³-hybridized carbons (Fsp3) is 0.231. The van der Waals surface area contributed by atoms with Gasteiger partial charge in [-0.3, -0.25) is 4.21 Å². The van der Waals surface area contributed by atoms with Gasteiger partial charge in [0.15, 0.2) is 0 Å². The Balaban J connectivity index is 2.77. The first-order valence-electron chi connectivity index (χ1n) is 6.24. The molecule has 0 aliphatic heterocycles. The summed E-state index contributed by atoms with van der Waals surface area (Å²) in [7, 11) is -1.52. The Hall–Kier alpha value is -1.16. The highest BCUT2D eigenvalue weighted by Crippen LogP contribution is 2.39. The van der Waals surface area contributed by atoms with Crippen LogP contribution in [0.3, 0.4) is 0 Å². The number of nitrogens with zero attached hydrogens (tertiary/aromatic N) is 2. The number of benzene rings is 1. The number of aromatic nitrogens is 2. The normalized spacial score (nSPS) is 13.1. The van der Waals surface area contributed by atoms with E-state index in [-0.39, 0.29) is 32.1 Å². The van der Waals surface area contributed by atoms with E-state index in [9.17, 15) is 17.4 Å². The molecule has 11 heteroatoms. The van der Waals surface area contributed by atoms with Gasteiger partial charge in [-0.25, -0.2) is 4.68 Å². The largest absolute Gasteiger partial charge is 0.416 e. The summed E-state index contributed by atoms with van der Waals surface area (Å²) in [6.07, 6.45) is -3.22. The number of hydrogen-bond acceptors (Lipinski definition) is 4. The molecule has 1 atom stereocenters. The molecule has 0 amide bonds. The SMILES string of the molecule is CC(=S)c1nn(-c2c(Cl)cc(C(F)(F)F)cc2Cl)c(N)c1S(C)=O. The van der Waals surface area contributed by atoms with Gasteiger partial charge in [0.2, 0.25) is 0 Å². The fourth-order valence-electron chi connectivity index (χ4n) is 2.03. The summed E-state index contributed by atoms with van der Waals surface area (Å²) in [6, 6.07) is 1.44. The topological polar surface area (TPSA) is 60.9 Å².